The van der Waals surface area contributed by atoms with Crippen LogP contribution in [0.25, 0.3) is 0 Å². The fourth-order valence-electron chi connectivity index (χ4n) is 2.38. The number of rotatable bonds is 2. The van der Waals surface area contributed by atoms with Crippen LogP contribution in [0.4, 0.5) is 0 Å². The highest BCUT2D eigenvalue weighted by atomic mass is 16.4. The molecule has 1 aliphatic carbocycles. The number of H-pyrrole nitrogens is 1. The van der Waals surface area contributed by atoms with Crippen molar-refractivity contribution in [2.45, 2.75) is 44.1 Å². The summed E-state index contributed by atoms with van der Waals surface area (Å²) in [6.07, 6.45) is 2.65. The van der Waals surface area contributed by atoms with Crippen molar-refractivity contribution in [2.24, 2.45) is 5.73 Å². The first-order chi connectivity index (χ1) is 7.54. The number of hydrogen-bond acceptors (Lipinski definition) is 3. The minimum atomic E-state index is -0.833. The number of carbonyl (C=O) groups is 1. The predicted octanol–water partition coefficient (Wildman–Crippen LogP) is 0.942. The molecule has 2 rings (SSSR count). The van der Waals surface area contributed by atoms with Crippen molar-refractivity contribution in [2.75, 3.05) is 0 Å². The second-order valence-electron chi connectivity index (χ2n) is 4.66. The van der Waals surface area contributed by atoms with E-state index < -0.39 is 11.4 Å². The van der Waals surface area contributed by atoms with Gasteiger partial charge in [-0.25, -0.2) is 0 Å². The van der Waals surface area contributed by atoms with Gasteiger partial charge in [-0.15, -0.1) is 0 Å². The largest absolute Gasteiger partial charge is 0.481 e. The SMILES string of the molecule is Cc1cc(C2(C(=O)O)CCC(N)CC2)n[nH]1. The molecule has 16 heavy (non-hydrogen) atoms. The number of nitrogens with one attached hydrogen (secondary N) is 1. The van der Waals surface area contributed by atoms with Gasteiger partial charge in [0.15, 0.2) is 0 Å². The van der Waals surface area contributed by atoms with Crippen LogP contribution in [-0.4, -0.2) is 27.3 Å². The van der Waals surface area contributed by atoms with E-state index in [-0.39, 0.29) is 6.04 Å². The van der Waals surface area contributed by atoms with Gasteiger partial charge < -0.3 is 10.8 Å². The molecule has 0 aromatic carbocycles. The van der Waals surface area contributed by atoms with Crippen molar-refractivity contribution in [3.63, 3.8) is 0 Å². The van der Waals surface area contributed by atoms with Crippen LogP contribution >= 0.6 is 0 Å². The van der Waals surface area contributed by atoms with E-state index in [1.165, 1.54) is 0 Å². The van der Waals surface area contributed by atoms with Gasteiger partial charge in [0.05, 0.1) is 5.69 Å². The Morgan fingerprint density at radius 2 is 2.25 bits per heavy atom. The van der Waals surface area contributed by atoms with Crippen LogP contribution in [0.3, 0.4) is 0 Å². The maximum absolute atomic E-state index is 11.5. The van der Waals surface area contributed by atoms with Gasteiger partial charge in [0, 0.05) is 11.7 Å². The summed E-state index contributed by atoms with van der Waals surface area (Å²) in [5, 5.41) is 16.4. The number of aromatic amines is 1. The molecule has 0 bridgehead atoms. The molecule has 1 aromatic heterocycles. The molecule has 0 unspecified atom stereocenters. The zero-order chi connectivity index (χ0) is 11.8. The van der Waals surface area contributed by atoms with Crippen molar-refractivity contribution < 1.29 is 9.90 Å². The lowest BCUT2D eigenvalue weighted by Crippen LogP contribution is -2.43. The lowest BCUT2D eigenvalue weighted by molar-refractivity contribution is -0.145. The van der Waals surface area contributed by atoms with Crippen LogP contribution in [0, 0.1) is 6.92 Å². The van der Waals surface area contributed by atoms with Crippen molar-refractivity contribution in [1.29, 1.82) is 0 Å². The quantitative estimate of drug-likeness (QED) is 0.695. The highest BCUT2D eigenvalue weighted by Crippen LogP contribution is 2.38. The van der Waals surface area contributed by atoms with Gasteiger partial charge >= 0.3 is 5.97 Å². The summed E-state index contributed by atoms with van der Waals surface area (Å²) >= 11 is 0. The lowest BCUT2D eigenvalue weighted by Gasteiger charge is -2.34. The molecule has 5 heteroatoms. The van der Waals surface area contributed by atoms with Crippen LogP contribution in [0.5, 0.6) is 0 Å². The number of aromatic nitrogens is 2. The van der Waals surface area contributed by atoms with E-state index in [9.17, 15) is 9.90 Å². The van der Waals surface area contributed by atoms with Crippen LogP contribution in [0.15, 0.2) is 6.07 Å². The average Bonchev–Trinajstić information content (AvgIpc) is 2.66. The van der Waals surface area contributed by atoms with E-state index in [2.05, 4.69) is 10.2 Å². The zero-order valence-corrected chi connectivity index (χ0v) is 9.36. The Bertz CT molecular complexity index is 392. The number of aliphatic carboxylic acids is 1. The Labute approximate surface area is 94.0 Å². The normalized spacial score (nSPS) is 30.2. The fourth-order valence-corrected chi connectivity index (χ4v) is 2.38. The highest BCUT2D eigenvalue weighted by molar-refractivity contribution is 5.80. The molecule has 0 aliphatic heterocycles. The first kappa shape index (κ1) is 11.1. The van der Waals surface area contributed by atoms with Gasteiger partial charge in [0.1, 0.15) is 5.41 Å². The Hall–Kier alpha value is -1.36. The maximum atomic E-state index is 11.5. The summed E-state index contributed by atoms with van der Waals surface area (Å²) in [5.74, 6) is -0.786. The van der Waals surface area contributed by atoms with E-state index in [0.29, 0.717) is 18.5 Å². The van der Waals surface area contributed by atoms with Crippen molar-refractivity contribution >= 4 is 5.97 Å². The summed E-state index contributed by atoms with van der Waals surface area (Å²) in [6.45, 7) is 1.88. The summed E-state index contributed by atoms with van der Waals surface area (Å²) < 4.78 is 0. The molecule has 1 aromatic rings. The molecule has 0 amide bonds. The van der Waals surface area contributed by atoms with Gasteiger partial charge in [-0.3, -0.25) is 9.89 Å². The van der Waals surface area contributed by atoms with Crippen molar-refractivity contribution in [1.82, 2.24) is 10.2 Å². The number of hydrogen-bond donors (Lipinski definition) is 3. The first-order valence-electron chi connectivity index (χ1n) is 5.56. The van der Waals surface area contributed by atoms with Crippen LogP contribution in [-0.2, 0) is 10.2 Å². The molecule has 88 valence electrons. The predicted molar refractivity (Wildman–Crippen MR) is 59.1 cm³/mol. The second-order valence-corrected chi connectivity index (χ2v) is 4.66. The second kappa shape index (κ2) is 3.90. The molecule has 0 spiro atoms. The summed E-state index contributed by atoms with van der Waals surface area (Å²) in [5.41, 5.74) is 6.52. The van der Waals surface area contributed by atoms with Crippen LogP contribution in [0.1, 0.15) is 37.1 Å². The molecule has 4 N–H and O–H groups in total. The Kier molecular flexibility index (Phi) is 2.71. The number of aryl methyl sites for hydroxylation is 1. The van der Waals surface area contributed by atoms with Gasteiger partial charge in [-0.1, -0.05) is 0 Å². The molecule has 1 heterocycles. The standard InChI is InChI=1S/C11H17N3O2/c1-7-6-9(14-13-7)11(10(15)16)4-2-8(12)3-5-11/h6,8H,2-5,12H2,1H3,(H,13,14)(H,15,16). The molecule has 5 nitrogen and oxygen atoms in total. The van der Waals surface area contributed by atoms with E-state index in [1.54, 1.807) is 0 Å². The van der Waals surface area contributed by atoms with Gasteiger partial charge in [-0.05, 0) is 38.7 Å². The maximum Gasteiger partial charge on any atom is 0.315 e. The summed E-state index contributed by atoms with van der Waals surface area (Å²) in [4.78, 5) is 11.5. The average molecular weight is 223 g/mol. The molecular weight excluding hydrogens is 206 g/mol. The van der Waals surface area contributed by atoms with Crippen molar-refractivity contribution in [3.8, 4) is 0 Å². The Morgan fingerprint density at radius 1 is 1.62 bits per heavy atom. The fraction of sp³-hybridized carbons (Fsp3) is 0.636. The van der Waals surface area contributed by atoms with E-state index in [4.69, 9.17) is 5.73 Å². The molecule has 0 saturated heterocycles. The van der Waals surface area contributed by atoms with Gasteiger partial charge in [-0.2, -0.15) is 5.10 Å². The molecule has 0 atom stereocenters. The monoisotopic (exact) mass is 223 g/mol. The number of nitrogens with two attached hydrogens (primary N) is 1. The third kappa shape index (κ3) is 1.71. The van der Waals surface area contributed by atoms with E-state index in [1.807, 2.05) is 13.0 Å². The van der Waals surface area contributed by atoms with Crippen LogP contribution in [0.2, 0.25) is 0 Å². The summed E-state index contributed by atoms with van der Waals surface area (Å²) in [6, 6.07) is 1.96. The van der Waals surface area contributed by atoms with E-state index >= 15 is 0 Å². The van der Waals surface area contributed by atoms with E-state index in [0.717, 1.165) is 18.5 Å². The molecular formula is C11H17N3O2. The van der Waals surface area contributed by atoms with Gasteiger partial charge in [0.25, 0.3) is 0 Å². The number of carboxylic acids is 1. The Balaban J connectivity index is 2.33. The minimum Gasteiger partial charge on any atom is -0.481 e. The third-order valence-electron chi connectivity index (χ3n) is 3.49. The third-order valence-corrected chi connectivity index (χ3v) is 3.49. The smallest absolute Gasteiger partial charge is 0.315 e. The topological polar surface area (TPSA) is 92.0 Å². The lowest BCUT2D eigenvalue weighted by atomic mass is 9.70. The minimum absolute atomic E-state index is 0.132. The zero-order valence-electron chi connectivity index (χ0n) is 9.36. The van der Waals surface area contributed by atoms with Crippen molar-refractivity contribution in [3.05, 3.63) is 17.5 Å². The first-order valence-corrected chi connectivity index (χ1v) is 5.56. The summed E-state index contributed by atoms with van der Waals surface area (Å²) in [7, 11) is 0. The molecule has 1 fully saturated rings. The number of carboxylic acid groups (broad SMARTS) is 1. The highest BCUT2D eigenvalue weighted by Gasteiger charge is 2.44. The number of nitrogens with zero attached hydrogens (tertiary/aromatic N) is 1. The molecule has 1 saturated carbocycles. The van der Waals surface area contributed by atoms with Crippen LogP contribution < -0.4 is 5.73 Å². The molecule has 1 aliphatic rings. The molecule has 0 radical (unpaired) electrons. The Morgan fingerprint density at radius 3 is 2.69 bits per heavy atom. The van der Waals surface area contributed by atoms with Gasteiger partial charge in [0.2, 0.25) is 0 Å².